The van der Waals surface area contributed by atoms with Gasteiger partial charge < -0.3 is 25.2 Å². The molecule has 1 fully saturated rings. The third-order valence-corrected chi connectivity index (χ3v) is 6.27. The van der Waals surface area contributed by atoms with Gasteiger partial charge in [0.2, 0.25) is 17.7 Å². The van der Waals surface area contributed by atoms with E-state index in [-0.39, 0.29) is 43.1 Å². The Hall–Kier alpha value is -2.94. The Bertz CT molecular complexity index is 887. The Balaban J connectivity index is 1.68. The highest BCUT2D eigenvalue weighted by atomic mass is 16.5. The molecule has 1 saturated heterocycles. The van der Waals surface area contributed by atoms with Crippen molar-refractivity contribution < 1.29 is 23.9 Å². The number of carbonyl (C=O) groups is 4. The highest BCUT2D eigenvalue weighted by molar-refractivity contribution is 5.93. The number of likely N-dealkylation sites (N-methyl/N-ethyl adjacent to an activating group) is 1. The van der Waals surface area contributed by atoms with Crippen LogP contribution < -0.4 is 10.6 Å². The Labute approximate surface area is 194 Å². The lowest BCUT2D eigenvalue weighted by Crippen LogP contribution is -2.54. The summed E-state index contributed by atoms with van der Waals surface area (Å²) in [6, 6.07) is 6.34. The third-order valence-electron chi connectivity index (χ3n) is 6.27. The molecule has 9 nitrogen and oxygen atoms in total. The summed E-state index contributed by atoms with van der Waals surface area (Å²) in [6.45, 7) is 0.736. The zero-order chi connectivity index (χ0) is 24.0. The normalized spacial score (nSPS) is 20.3. The van der Waals surface area contributed by atoms with Crippen molar-refractivity contribution in [1.29, 1.82) is 0 Å². The zero-order valence-corrected chi connectivity index (χ0v) is 19.6. The van der Waals surface area contributed by atoms with Crippen molar-refractivity contribution in [3.8, 4) is 0 Å². The molecule has 1 aromatic rings. The summed E-state index contributed by atoms with van der Waals surface area (Å²) in [5.41, 5.74) is 2.29. The highest BCUT2D eigenvalue weighted by Gasteiger charge is 2.36. The number of ether oxygens (including phenoxy) is 1. The van der Waals surface area contributed by atoms with E-state index >= 15 is 0 Å². The summed E-state index contributed by atoms with van der Waals surface area (Å²) in [4.78, 5) is 53.9. The fourth-order valence-corrected chi connectivity index (χ4v) is 4.58. The molecular weight excluding hydrogens is 424 g/mol. The Morgan fingerprint density at radius 3 is 2.67 bits per heavy atom. The smallest absolute Gasteiger partial charge is 0.305 e. The first-order chi connectivity index (χ1) is 15.8. The number of rotatable bonds is 9. The van der Waals surface area contributed by atoms with Crippen LogP contribution >= 0.6 is 0 Å². The fraction of sp³-hybridized carbons (Fsp3) is 0.583. The number of nitrogens with zero attached hydrogens (tertiary/aromatic N) is 2. The second-order valence-electron chi connectivity index (χ2n) is 8.96. The molecule has 3 amide bonds. The maximum Gasteiger partial charge on any atom is 0.305 e. The SMILES string of the molecule is COC(=O)CC[C@H](NC(=O)[C@@H]1CCCN1C(=O)CN(C)C)C(=O)N[C@@H]1CCc2ccccc21. The van der Waals surface area contributed by atoms with Crippen LogP contribution in [-0.4, -0.2) is 79.9 Å². The predicted molar refractivity (Wildman–Crippen MR) is 122 cm³/mol. The van der Waals surface area contributed by atoms with Crippen molar-refractivity contribution >= 4 is 23.7 Å². The van der Waals surface area contributed by atoms with Gasteiger partial charge >= 0.3 is 5.97 Å². The molecule has 2 N–H and O–H groups in total. The molecule has 1 aliphatic carbocycles. The minimum absolute atomic E-state index is 0.00403. The topological polar surface area (TPSA) is 108 Å². The van der Waals surface area contributed by atoms with Crippen LogP contribution in [0.3, 0.4) is 0 Å². The van der Waals surface area contributed by atoms with E-state index in [1.165, 1.54) is 12.7 Å². The number of aryl methyl sites for hydroxylation is 1. The molecule has 0 saturated carbocycles. The van der Waals surface area contributed by atoms with E-state index in [1.54, 1.807) is 23.9 Å². The summed E-state index contributed by atoms with van der Waals surface area (Å²) >= 11 is 0. The Kier molecular flexibility index (Phi) is 8.43. The van der Waals surface area contributed by atoms with Gasteiger partial charge in [-0.1, -0.05) is 24.3 Å². The van der Waals surface area contributed by atoms with Crippen LogP contribution in [0.1, 0.15) is 49.3 Å². The molecule has 2 aliphatic rings. The maximum absolute atomic E-state index is 13.2. The number of methoxy groups -OCH3 is 1. The zero-order valence-electron chi connectivity index (χ0n) is 19.6. The molecule has 0 radical (unpaired) electrons. The number of hydrogen-bond acceptors (Lipinski definition) is 6. The van der Waals surface area contributed by atoms with Crippen molar-refractivity contribution in [3.63, 3.8) is 0 Å². The van der Waals surface area contributed by atoms with Gasteiger partial charge in [0.15, 0.2) is 0 Å². The number of fused-ring (bicyclic) bond motifs is 1. The number of nitrogens with one attached hydrogen (secondary N) is 2. The van der Waals surface area contributed by atoms with Crippen LogP contribution in [0.5, 0.6) is 0 Å². The molecule has 9 heteroatoms. The number of carbonyl (C=O) groups excluding carboxylic acids is 4. The highest BCUT2D eigenvalue weighted by Crippen LogP contribution is 2.30. The minimum Gasteiger partial charge on any atom is -0.469 e. The third kappa shape index (κ3) is 6.31. The molecule has 1 aliphatic heterocycles. The first-order valence-corrected chi connectivity index (χ1v) is 11.5. The molecule has 3 atom stereocenters. The lowest BCUT2D eigenvalue weighted by Gasteiger charge is -2.28. The van der Waals surface area contributed by atoms with Gasteiger partial charge in [0.05, 0.1) is 19.7 Å². The maximum atomic E-state index is 13.2. The average molecular weight is 459 g/mol. The van der Waals surface area contributed by atoms with Gasteiger partial charge in [-0.25, -0.2) is 0 Å². The fourth-order valence-electron chi connectivity index (χ4n) is 4.58. The molecule has 0 aromatic heterocycles. The van der Waals surface area contributed by atoms with E-state index in [9.17, 15) is 19.2 Å². The van der Waals surface area contributed by atoms with Crippen LogP contribution in [0.15, 0.2) is 24.3 Å². The summed E-state index contributed by atoms with van der Waals surface area (Å²) in [7, 11) is 4.90. The van der Waals surface area contributed by atoms with Crippen LogP contribution in [0.2, 0.25) is 0 Å². The van der Waals surface area contributed by atoms with Crippen LogP contribution in [0.25, 0.3) is 0 Å². The number of likely N-dealkylation sites (tertiary alicyclic amines) is 1. The van der Waals surface area contributed by atoms with Gasteiger partial charge in [-0.3, -0.25) is 19.2 Å². The summed E-state index contributed by atoms with van der Waals surface area (Å²) in [6.07, 6.45) is 3.08. The Morgan fingerprint density at radius 1 is 1.18 bits per heavy atom. The predicted octanol–water partition coefficient (Wildman–Crippen LogP) is 0.781. The lowest BCUT2D eigenvalue weighted by atomic mass is 10.1. The monoisotopic (exact) mass is 458 g/mol. The molecule has 3 rings (SSSR count). The first kappa shape index (κ1) is 24.7. The van der Waals surface area contributed by atoms with Gasteiger partial charge in [-0.05, 0) is 57.3 Å². The van der Waals surface area contributed by atoms with Crippen molar-refractivity contribution in [2.24, 2.45) is 0 Å². The molecule has 1 aromatic carbocycles. The van der Waals surface area contributed by atoms with Gasteiger partial charge in [-0.15, -0.1) is 0 Å². The van der Waals surface area contributed by atoms with Gasteiger partial charge in [0.1, 0.15) is 12.1 Å². The molecule has 0 spiro atoms. The number of amides is 3. The minimum atomic E-state index is -0.893. The molecular formula is C24H34N4O5. The second kappa shape index (κ2) is 11.3. The van der Waals surface area contributed by atoms with E-state index in [0.29, 0.717) is 13.0 Å². The second-order valence-corrected chi connectivity index (χ2v) is 8.96. The van der Waals surface area contributed by atoms with Gasteiger partial charge in [0, 0.05) is 13.0 Å². The van der Waals surface area contributed by atoms with Gasteiger partial charge in [0.25, 0.3) is 0 Å². The molecule has 0 unspecified atom stereocenters. The number of benzene rings is 1. The quantitative estimate of drug-likeness (QED) is 0.530. The van der Waals surface area contributed by atoms with E-state index in [2.05, 4.69) is 16.7 Å². The summed E-state index contributed by atoms with van der Waals surface area (Å²) in [5, 5.41) is 5.85. The van der Waals surface area contributed by atoms with Crippen molar-refractivity contribution in [2.75, 3.05) is 34.3 Å². The van der Waals surface area contributed by atoms with Crippen molar-refractivity contribution in [1.82, 2.24) is 20.4 Å². The average Bonchev–Trinajstić information content (AvgIpc) is 3.43. The molecule has 1 heterocycles. The largest absolute Gasteiger partial charge is 0.469 e. The van der Waals surface area contributed by atoms with Crippen molar-refractivity contribution in [3.05, 3.63) is 35.4 Å². The van der Waals surface area contributed by atoms with E-state index < -0.39 is 18.1 Å². The van der Waals surface area contributed by atoms with E-state index in [0.717, 1.165) is 24.8 Å². The van der Waals surface area contributed by atoms with E-state index in [1.807, 2.05) is 18.2 Å². The lowest BCUT2D eigenvalue weighted by molar-refractivity contribution is -0.141. The van der Waals surface area contributed by atoms with Crippen LogP contribution in [0.4, 0.5) is 0 Å². The Morgan fingerprint density at radius 2 is 1.94 bits per heavy atom. The van der Waals surface area contributed by atoms with Crippen LogP contribution in [-0.2, 0) is 30.3 Å². The number of esters is 1. The van der Waals surface area contributed by atoms with Crippen molar-refractivity contribution in [2.45, 2.75) is 56.7 Å². The standard InChI is InChI=1S/C24H34N4O5/c1-27(2)15-21(29)28-14-6-9-20(28)24(32)26-19(12-13-22(30)33-3)23(31)25-18-11-10-16-7-4-5-8-17(16)18/h4-5,7-8,18-20H,6,9-15H2,1-3H3,(H,25,31)(H,26,32)/t18-,19+,20+/m1/s1. The summed E-state index contributed by atoms with van der Waals surface area (Å²) in [5.74, 6) is -1.26. The molecule has 33 heavy (non-hydrogen) atoms. The van der Waals surface area contributed by atoms with Gasteiger partial charge in [-0.2, -0.15) is 0 Å². The summed E-state index contributed by atoms with van der Waals surface area (Å²) < 4.78 is 4.71. The van der Waals surface area contributed by atoms with Crippen LogP contribution in [0, 0.1) is 0 Å². The first-order valence-electron chi connectivity index (χ1n) is 11.5. The molecule has 180 valence electrons. The van der Waals surface area contributed by atoms with E-state index in [4.69, 9.17) is 4.74 Å². The molecule has 0 bridgehead atoms. The number of hydrogen-bond donors (Lipinski definition) is 2.